The number of amides is 1. The third-order valence-electron chi connectivity index (χ3n) is 5.78. The Morgan fingerprint density at radius 1 is 1.29 bits per heavy atom. The summed E-state index contributed by atoms with van der Waals surface area (Å²) in [4.78, 5) is 14.0. The van der Waals surface area contributed by atoms with Gasteiger partial charge in [-0.1, -0.05) is 33.8 Å². The van der Waals surface area contributed by atoms with Gasteiger partial charge < -0.3 is 9.33 Å². The summed E-state index contributed by atoms with van der Waals surface area (Å²) in [5.74, 6) is -0.406. The number of halogens is 3. The Morgan fingerprint density at radius 2 is 1.89 bits per heavy atom. The molecule has 1 saturated heterocycles. The Bertz CT molecular complexity index is 794. The van der Waals surface area contributed by atoms with Crippen LogP contribution in [0.1, 0.15) is 51.7 Å². The molecular weight excluding hydrogens is 385 g/mol. The molecule has 1 fully saturated rings. The first-order valence-electron chi connectivity index (χ1n) is 9.34. The second kappa shape index (κ2) is 7.52. The number of nitriles is 1. The molecule has 1 aromatic rings. The van der Waals surface area contributed by atoms with Crippen LogP contribution < -0.4 is 4.90 Å². The van der Waals surface area contributed by atoms with E-state index >= 15 is 0 Å². The van der Waals surface area contributed by atoms with Gasteiger partial charge in [-0.25, -0.2) is 0 Å². The van der Waals surface area contributed by atoms with E-state index in [2.05, 4.69) is 33.9 Å². The number of carbonyl (C=O) groups is 1. The lowest BCUT2D eigenvalue weighted by atomic mass is 10.0. The van der Waals surface area contributed by atoms with Crippen molar-refractivity contribution < 1.29 is 22.4 Å². The van der Waals surface area contributed by atoms with Crippen LogP contribution in [0.3, 0.4) is 0 Å². The zero-order valence-corrected chi connectivity index (χ0v) is 18.1. The fraction of sp³-hybridized carbons (Fsp3) is 0.600. The van der Waals surface area contributed by atoms with Crippen molar-refractivity contribution in [3.05, 3.63) is 29.3 Å². The molecule has 154 valence electrons. The van der Waals surface area contributed by atoms with Gasteiger partial charge in [0.05, 0.1) is 41.5 Å². The van der Waals surface area contributed by atoms with Crippen LogP contribution >= 0.6 is 0 Å². The molecule has 2 atom stereocenters. The predicted octanol–water partition coefficient (Wildman–Crippen LogP) is 5.48. The van der Waals surface area contributed by atoms with Crippen molar-refractivity contribution in [2.24, 2.45) is 0 Å². The second-order valence-electron chi connectivity index (χ2n) is 8.67. The summed E-state index contributed by atoms with van der Waals surface area (Å²) in [5, 5.41) is 9.08. The van der Waals surface area contributed by atoms with Gasteiger partial charge in [0.1, 0.15) is 0 Å². The normalized spacial score (nSPS) is 21.1. The molecule has 0 saturated carbocycles. The number of rotatable bonds is 4. The molecule has 1 heterocycles. The lowest BCUT2D eigenvalue weighted by Gasteiger charge is -2.40. The first-order valence-corrected chi connectivity index (χ1v) is 12.3. The van der Waals surface area contributed by atoms with Crippen LogP contribution in [0.5, 0.6) is 0 Å². The molecule has 1 amide bonds. The van der Waals surface area contributed by atoms with Gasteiger partial charge in [0.25, 0.3) is 0 Å². The van der Waals surface area contributed by atoms with Crippen molar-refractivity contribution in [3.8, 4) is 6.07 Å². The molecule has 0 unspecified atom stereocenters. The number of nitrogens with zero attached hydrogens (tertiary/aromatic N) is 2. The number of carbonyl (C=O) groups excluding carboxylic acids is 1. The minimum Gasteiger partial charge on any atom is -0.411 e. The summed E-state index contributed by atoms with van der Waals surface area (Å²) >= 11 is 0. The van der Waals surface area contributed by atoms with E-state index in [0.717, 1.165) is 6.07 Å². The predicted molar refractivity (Wildman–Crippen MR) is 104 cm³/mol. The molecule has 2 rings (SSSR count). The van der Waals surface area contributed by atoms with Gasteiger partial charge in [-0.2, -0.15) is 18.4 Å². The number of anilines is 1. The third-order valence-corrected chi connectivity index (χ3v) is 10.3. The van der Waals surface area contributed by atoms with Crippen LogP contribution in [0.2, 0.25) is 18.1 Å². The number of hydrogen-bond acceptors (Lipinski definition) is 3. The molecule has 28 heavy (non-hydrogen) atoms. The van der Waals surface area contributed by atoms with Crippen LogP contribution in [0.15, 0.2) is 18.2 Å². The standard InChI is InChI=1S/C20H27F3N2O2Si/c1-7-14-16(27-28(5,6)19(2,3)4)11-17(26)25(14)15-10-8-9-13(12-24)18(15)20(21,22)23/h8-10,14,16H,7,11H2,1-6H3/t14-,16-/m0/s1. The van der Waals surface area contributed by atoms with Crippen molar-refractivity contribution in [3.63, 3.8) is 0 Å². The molecule has 0 aromatic heterocycles. The highest BCUT2D eigenvalue weighted by molar-refractivity contribution is 6.74. The largest absolute Gasteiger partial charge is 0.419 e. The summed E-state index contributed by atoms with van der Waals surface area (Å²) < 4.78 is 47.6. The quantitative estimate of drug-likeness (QED) is 0.615. The first-order chi connectivity index (χ1) is 12.7. The van der Waals surface area contributed by atoms with Gasteiger partial charge in [-0.3, -0.25) is 4.79 Å². The van der Waals surface area contributed by atoms with E-state index < -0.39 is 43.7 Å². The molecular formula is C20H27F3N2O2Si. The van der Waals surface area contributed by atoms with Crippen molar-refractivity contribution in [1.29, 1.82) is 5.26 Å². The van der Waals surface area contributed by atoms with E-state index in [1.165, 1.54) is 17.0 Å². The zero-order chi connectivity index (χ0) is 21.5. The smallest absolute Gasteiger partial charge is 0.411 e. The maximum Gasteiger partial charge on any atom is 0.419 e. The van der Waals surface area contributed by atoms with E-state index in [1.807, 2.05) is 6.92 Å². The van der Waals surface area contributed by atoms with Crippen molar-refractivity contribution in [2.75, 3.05) is 4.90 Å². The average molecular weight is 413 g/mol. The van der Waals surface area contributed by atoms with Crippen LogP contribution in [-0.4, -0.2) is 26.4 Å². The van der Waals surface area contributed by atoms with Crippen molar-refractivity contribution in [2.45, 2.75) is 77.0 Å². The van der Waals surface area contributed by atoms with E-state index in [1.54, 1.807) is 6.07 Å². The minimum atomic E-state index is -4.74. The van der Waals surface area contributed by atoms with Crippen LogP contribution in [-0.2, 0) is 15.4 Å². The summed E-state index contributed by atoms with van der Waals surface area (Å²) in [5.41, 5.74) is -1.80. The molecule has 1 aliphatic heterocycles. The first kappa shape index (κ1) is 22.4. The molecule has 0 radical (unpaired) electrons. The highest BCUT2D eigenvalue weighted by Crippen LogP contribution is 2.44. The Kier molecular flexibility index (Phi) is 6.03. The topological polar surface area (TPSA) is 53.3 Å². The molecule has 4 nitrogen and oxygen atoms in total. The third kappa shape index (κ3) is 4.10. The molecule has 1 aromatic carbocycles. The van der Waals surface area contributed by atoms with Crippen LogP contribution in [0, 0.1) is 11.3 Å². The maximum absolute atomic E-state index is 13.7. The minimum absolute atomic E-state index is 0.0408. The van der Waals surface area contributed by atoms with Crippen molar-refractivity contribution >= 4 is 19.9 Å². The van der Waals surface area contributed by atoms with Crippen LogP contribution in [0.25, 0.3) is 0 Å². The van der Waals surface area contributed by atoms with E-state index in [4.69, 9.17) is 9.69 Å². The summed E-state index contributed by atoms with van der Waals surface area (Å²) in [6, 6.07) is 4.86. The zero-order valence-electron chi connectivity index (χ0n) is 17.1. The molecule has 0 bridgehead atoms. The van der Waals surface area contributed by atoms with Gasteiger partial charge >= 0.3 is 6.18 Å². The fourth-order valence-corrected chi connectivity index (χ4v) is 4.67. The van der Waals surface area contributed by atoms with Gasteiger partial charge in [0.15, 0.2) is 8.32 Å². The molecule has 1 aliphatic rings. The molecule has 0 aliphatic carbocycles. The van der Waals surface area contributed by atoms with Crippen molar-refractivity contribution in [1.82, 2.24) is 0 Å². The SMILES string of the molecule is CC[C@H]1[C@@H](O[Si](C)(C)C(C)(C)C)CC(=O)N1c1cccc(C#N)c1C(F)(F)F. The maximum atomic E-state index is 13.7. The Hall–Kier alpha value is -1.85. The fourth-order valence-electron chi connectivity index (χ4n) is 3.32. The average Bonchev–Trinajstić information content (AvgIpc) is 2.86. The second-order valence-corrected chi connectivity index (χ2v) is 13.4. The molecule has 0 spiro atoms. The summed E-state index contributed by atoms with van der Waals surface area (Å²) in [6.07, 6.45) is -4.71. The van der Waals surface area contributed by atoms with E-state index in [0.29, 0.717) is 6.42 Å². The Labute approximate surface area is 165 Å². The highest BCUT2D eigenvalue weighted by atomic mass is 28.4. The van der Waals surface area contributed by atoms with Crippen LogP contribution in [0.4, 0.5) is 18.9 Å². The molecule has 8 heteroatoms. The van der Waals surface area contributed by atoms with Gasteiger partial charge in [0.2, 0.25) is 5.91 Å². The van der Waals surface area contributed by atoms with E-state index in [-0.39, 0.29) is 17.1 Å². The van der Waals surface area contributed by atoms with Gasteiger partial charge in [0, 0.05) is 0 Å². The lowest BCUT2D eigenvalue weighted by Crippen LogP contribution is -2.47. The van der Waals surface area contributed by atoms with Gasteiger partial charge in [-0.05, 0) is 36.7 Å². The van der Waals surface area contributed by atoms with Gasteiger partial charge in [-0.15, -0.1) is 0 Å². The molecule has 0 N–H and O–H groups in total. The summed E-state index contributed by atoms with van der Waals surface area (Å²) in [7, 11) is -2.21. The highest BCUT2D eigenvalue weighted by Gasteiger charge is 2.48. The lowest BCUT2D eigenvalue weighted by molar-refractivity contribution is -0.137. The number of hydrogen-bond donors (Lipinski definition) is 0. The number of benzene rings is 1. The number of alkyl halides is 3. The monoisotopic (exact) mass is 412 g/mol. The Morgan fingerprint density at radius 3 is 2.36 bits per heavy atom. The Balaban J connectivity index is 2.51. The summed E-state index contributed by atoms with van der Waals surface area (Å²) in [6.45, 7) is 12.2. The van der Waals surface area contributed by atoms with E-state index in [9.17, 15) is 18.0 Å².